The summed E-state index contributed by atoms with van der Waals surface area (Å²) in [6.07, 6.45) is -0.436. The van der Waals surface area contributed by atoms with Gasteiger partial charge in [-0.2, -0.15) is 0 Å². The summed E-state index contributed by atoms with van der Waals surface area (Å²) in [5.74, 6) is -0.0972. The predicted molar refractivity (Wildman–Crippen MR) is 61.5 cm³/mol. The molecule has 0 radical (unpaired) electrons. The van der Waals surface area contributed by atoms with Crippen LogP contribution in [-0.2, 0) is 4.79 Å². The molecule has 1 atom stereocenters. The quantitative estimate of drug-likeness (QED) is 0.658. The number of aliphatic hydroxyl groups is 2. The minimum absolute atomic E-state index is 0.0474. The lowest BCUT2D eigenvalue weighted by atomic mass is 9.92. The van der Waals surface area contributed by atoms with Gasteiger partial charge >= 0.3 is 0 Å². The van der Waals surface area contributed by atoms with Crippen LogP contribution in [0, 0.1) is 5.41 Å². The molecule has 1 amide bonds. The van der Waals surface area contributed by atoms with Gasteiger partial charge in [0.2, 0.25) is 5.91 Å². The highest BCUT2D eigenvalue weighted by atomic mass is 16.3. The van der Waals surface area contributed by atoms with Gasteiger partial charge in [0.1, 0.15) is 0 Å². The van der Waals surface area contributed by atoms with Crippen molar-refractivity contribution in [3.8, 4) is 0 Å². The third-order valence-electron chi connectivity index (χ3n) is 1.44. The van der Waals surface area contributed by atoms with E-state index in [2.05, 4.69) is 5.32 Å². The Morgan fingerprint density at radius 3 is 2.13 bits per heavy atom. The van der Waals surface area contributed by atoms with E-state index in [-0.39, 0.29) is 24.5 Å². The van der Waals surface area contributed by atoms with Gasteiger partial charge in [-0.05, 0) is 5.41 Å². The van der Waals surface area contributed by atoms with Gasteiger partial charge in [-0.15, -0.1) is 0 Å². The molecule has 0 bridgehead atoms. The SMILES string of the molecule is CC.CC(C)(C)CC(=O)NCC(O)CO. The fourth-order valence-corrected chi connectivity index (χ4v) is 0.840. The molecule has 0 rings (SSSR count). The zero-order valence-corrected chi connectivity index (χ0v) is 10.5. The minimum Gasteiger partial charge on any atom is -0.394 e. The zero-order valence-electron chi connectivity index (χ0n) is 10.5. The summed E-state index contributed by atoms with van der Waals surface area (Å²) in [6.45, 7) is 9.69. The molecule has 0 saturated carbocycles. The lowest BCUT2D eigenvalue weighted by Crippen LogP contribution is -2.35. The third kappa shape index (κ3) is 13.4. The van der Waals surface area contributed by atoms with E-state index in [0.29, 0.717) is 6.42 Å². The maximum atomic E-state index is 11.2. The van der Waals surface area contributed by atoms with Crippen molar-refractivity contribution in [2.75, 3.05) is 13.2 Å². The number of carbonyl (C=O) groups is 1. The lowest BCUT2D eigenvalue weighted by molar-refractivity contribution is -0.123. The van der Waals surface area contributed by atoms with Crippen LogP contribution in [-0.4, -0.2) is 35.4 Å². The van der Waals surface area contributed by atoms with Crippen LogP contribution in [0.1, 0.15) is 41.0 Å². The molecule has 0 spiro atoms. The van der Waals surface area contributed by atoms with Crippen molar-refractivity contribution < 1.29 is 15.0 Å². The Balaban J connectivity index is 0. The molecule has 0 aromatic rings. The monoisotopic (exact) mass is 219 g/mol. The Bertz CT molecular complexity index is 164. The van der Waals surface area contributed by atoms with E-state index in [4.69, 9.17) is 10.2 Å². The molecule has 0 aliphatic rings. The van der Waals surface area contributed by atoms with E-state index < -0.39 is 6.10 Å². The third-order valence-corrected chi connectivity index (χ3v) is 1.44. The highest BCUT2D eigenvalue weighted by Crippen LogP contribution is 2.17. The number of nitrogens with one attached hydrogen (secondary N) is 1. The first kappa shape index (κ1) is 16.8. The summed E-state index contributed by atoms with van der Waals surface area (Å²) in [5, 5.41) is 20.0. The first-order valence-corrected chi connectivity index (χ1v) is 5.41. The van der Waals surface area contributed by atoms with Crippen LogP contribution in [0.4, 0.5) is 0 Å². The molecule has 0 aromatic heterocycles. The van der Waals surface area contributed by atoms with Crippen molar-refractivity contribution in [1.29, 1.82) is 0 Å². The molecule has 4 nitrogen and oxygen atoms in total. The maximum Gasteiger partial charge on any atom is 0.220 e. The van der Waals surface area contributed by atoms with Crippen molar-refractivity contribution in [2.45, 2.75) is 47.1 Å². The van der Waals surface area contributed by atoms with Crippen molar-refractivity contribution in [3.63, 3.8) is 0 Å². The van der Waals surface area contributed by atoms with Gasteiger partial charge in [0.05, 0.1) is 12.7 Å². The van der Waals surface area contributed by atoms with E-state index in [1.54, 1.807) is 0 Å². The van der Waals surface area contributed by atoms with Crippen LogP contribution in [0.3, 0.4) is 0 Å². The Kier molecular flexibility index (Phi) is 9.72. The van der Waals surface area contributed by atoms with E-state index in [1.807, 2.05) is 34.6 Å². The Morgan fingerprint density at radius 2 is 1.80 bits per heavy atom. The molecular formula is C11H25NO3. The van der Waals surface area contributed by atoms with Crippen molar-refractivity contribution in [1.82, 2.24) is 5.32 Å². The second kappa shape index (κ2) is 8.68. The van der Waals surface area contributed by atoms with Gasteiger partial charge < -0.3 is 15.5 Å². The standard InChI is InChI=1S/C9H19NO3.C2H6/c1-9(2,3)4-8(13)10-5-7(12)6-11;1-2/h7,11-12H,4-6H2,1-3H3,(H,10,13);1-2H3. The second-order valence-corrected chi connectivity index (χ2v) is 4.38. The molecule has 0 heterocycles. The van der Waals surface area contributed by atoms with Gasteiger partial charge in [-0.1, -0.05) is 34.6 Å². The van der Waals surface area contributed by atoms with Gasteiger partial charge in [-0.3, -0.25) is 4.79 Å². The van der Waals surface area contributed by atoms with E-state index in [0.717, 1.165) is 0 Å². The van der Waals surface area contributed by atoms with Crippen LogP contribution in [0.25, 0.3) is 0 Å². The number of amides is 1. The van der Waals surface area contributed by atoms with E-state index in [9.17, 15) is 4.79 Å². The molecule has 92 valence electrons. The van der Waals surface area contributed by atoms with Crippen molar-refractivity contribution >= 4 is 5.91 Å². The number of hydrogen-bond donors (Lipinski definition) is 3. The lowest BCUT2D eigenvalue weighted by Gasteiger charge is -2.17. The predicted octanol–water partition coefficient (Wildman–Crippen LogP) is 0.918. The Morgan fingerprint density at radius 1 is 1.33 bits per heavy atom. The van der Waals surface area contributed by atoms with Gasteiger partial charge in [-0.25, -0.2) is 0 Å². The Labute approximate surface area is 92.7 Å². The molecule has 1 unspecified atom stereocenters. The molecule has 0 aromatic carbocycles. The first-order valence-electron chi connectivity index (χ1n) is 5.41. The summed E-state index contributed by atoms with van der Waals surface area (Å²) >= 11 is 0. The topological polar surface area (TPSA) is 69.6 Å². The normalized spacial score (nSPS) is 12.5. The highest BCUT2D eigenvalue weighted by molar-refractivity contribution is 5.76. The number of rotatable bonds is 4. The van der Waals surface area contributed by atoms with Crippen LogP contribution in [0.5, 0.6) is 0 Å². The number of aliphatic hydroxyl groups excluding tert-OH is 2. The fraction of sp³-hybridized carbons (Fsp3) is 0.909. The summed E-state index contributed by atoms with van der Waals surface area (Å²) in [6, 6.07) is 0. The average molecular weight is 219 g/mol. The largest absolute Gasteiger partial charge is 0.394 e. The summed E-state index contributed by atoms with van der Waals surface area (Å²) in [5.41, 5.74) is -0.0474. The smallest absolute Gasteiger partial charge is 0.220 e. The average Bonchev–Trinajstić information content (AvgIpc) is 2.14. The molecule has 3 N–H and O–H groups in total. The van der Waals surface area contributed by atoms with Crippen LogP contribution >= 0.6 is 0 Å². The molecule has 0 aliphatic heterocycles. The zero-order chi connectivity index (χ0) is 12.5. The van der Waals surface area contributed by atoms with Crippen molar-refractivity contribution in [3.05, 3.63) is 0 Å². The van der Waals surface area contributed by atoms with E-state index >= 15 is 0 Å². The van der Waals surface area contributed by atoms with E-state index in [1.165, 1.54) is 0 Å². The molecule has 4 heteroatoms. The second-order valence-electron chi connectivity index (χ2n) is 4.38. The number of carbonyl (C=O) groups excluding carboxylic acids is 1. The first-order chi connectivity index (χ1) is 6.85. The molecule has 15 heavy (non-hydrogen) atoms. The summed E-state index contributed by atoms with van der Waals surface area (Å²) in [4.78, 5) is 11.2. The molecule has 0 aliphatic carbocycles. The highest BCUT2D eigenvalue weighted by Gasteiger charge is 2.16. The molecule has 0 fully saturated rings. The summed E-state index contributed by atoms with van der Waals surface area (Å²) in [7, 11) is 0. The van der Waals surface area contributed by atoms with Gasteiger partial charge in [0, 0.05) is 13.0 Å². The van der Waals surface area contributed by atoms with Gasteiger partial charge in [0.15, 0.2) is 0 Å². The molecule has 0 saturated heterocycles. The van der Waals surface area contributed by atoms with Crippen molar-refractivity contribution in [2.24, 2.45) is 5.41 Å². The maximum absolute atomic E-state index is 11.2. The van der Waals surface area contributed by atoms with Gasteiger partial charge in [0.25, 0.3) is 0 Å². The fourth-order valence-electron chi connectivity index (χ4n) is 0.840. The van der Waals surface area contributed by atoms with Crippen LogP contribution < -0.4 is 5.32 Å². The molecular weight excluding hydrogens is 194 g/mol. The van der Waals surface area contributed by atoms with Crippen LogP contribution in [0.15, 0.2) is 0 Å². The minimum atomic E-state index is -0.857. The summed E-state index contributed by atoms with van der Waals surface area (Å²) < 4.78 is 0. The number of hydrogen-bond acceptors (Lipinski definition) is 3. The Hall–Kier alpha value is -0.610. The van der Waals surface area contributed by atoms with Crippen LogP contribution in [0.2, 0.25) is 0 Å².